The molecule has 0 spiro atoms. The second kappa shape index (κ2) is 5.68. The van der Waals surface area contributed by atoms with Gasteiger partial charge in [0.05, 0.1) is 16.8 Å². The molecule has 1 rings (SSSR count). The van der Waals surface area contributed by atoms with E-state index < -0.39 is 22.0 Å². The van der Waals surface area contributed by atoms with E-state index in [0.717, 1.165) is 5.56 Å². The minimum absolute atomic E-state index is 0.0109. The van der Waals surface area contributed by atoms with Crippen molar-refractivity contribution in [3.63, 3.8) is 0 Å². The fourth-order valence-corrected chi connectivity index (χ4v) is 2.11. The third-order valence-corrected chi connectivity index (χ3v) is 3.43. The largest absolute Gasteiger partial charge is 0.390 e. The van der Waals surface area contributed by atoms with Gasteiger partial charge in [0, 0.05) is 6.54 Å². The van der Waals surface area contributed by atoms with Crippen LogP contribution in [0.2, 0.25) is 5.02 Å². The van der Waals surface area contributed by atoms with Gasteiger partial charge < -0.3 is 10.4 Å². The average molecular weight is 280 g/mol. The molecule has 0 amide bonds. The summed E-state index contributed by atoms with van der Waals surface area (Å²) in [6, 6.07) is 5.34. The Balaban J connectivity index is 2.59. The number of aryl methyl sites for hydroxylation is 1. The minimum atomic E-state index is -4.17. The Morgan fingerprint density at radius 3 is 2.71 bits per heavy atom. The Morgan fingerprint density at radius 2 is 2.12 bits per heavy atom. The highest BCUT2D eigenvalue weighted by Crippen LogP contribution is 2.24. The zero-order valence-electron chi connectivity index (χ0n) is 9.22. The van der Waals surface area contributed by atoms with Gasteiger partial charge in [0.15, 0.2) is 0 Å². The molecule has 5 nitrogen and oxygen atoms in total. The summed E-state index contributed by atoms with van der Waals surface area (Å²) in [6.07, 6.45) is -1.19. The molecule has 0 fully saturated rings. The van der Waals surface area contributed by atoms with Gasteiger partial charge in [-0.2, -0.15) is 8.42 Å². The standard InChI is InChI=1S/C10H14ClNO4S/c1-7-3-2-4-9(10(7)11)12-5-8(13)6-17(14,15)16/h2-4,8,12-13H,5-6H2,1H3,(H,14,15,16). The van der Waals surface area contributed by atoms with Crippen molar-refractivity contribution in [2.45, 2.75) is 13.0 Å². The van der Waals surface area contributed by atoms with Crippen molar-refractivity contribution in [3.8, 4) is 0 Å². The van der Waals surface area contributed by atoms with E-state index in [0.29, 0.717) is 10.7 Å². The van der Waals surface area contributed by atoms with E-state index in [-0.39, 0.29) is 6.54 Å². The first-order valence-corrected chi connectivity index (χ1v) is 6.90. The van der Waals surface area contributed by atoms with Crippen LogP contribution in [0.25, 0.3) is 0 Å². The van der Waals surface area contributed by atoms with Gasteiger partial charge >= 0.3 is 0 Å². The molecule has 7 heteroatoms. The van der Waals surface area contributed by atoms with E-state index in [1.165, 1.54) is 0 Å². The number of anilines is 1. The van der Waals surface area contributed by atoms with Crippen LogP contribution in [-0.2, 0) is 10.1 Å². The van der Waals surface area contributed by atoms with Crippen LogP contribution in [0.4, 0.5) is 5.69 Å². The summed E-state index contributed by atoms with van der Waals surface area (Å²) in [6.45, 7) is 1.82. The number of aliphatic hydroxyl groups is 1. The Labute approximate surface area is 105 Å². The van der Waals surface area contributed by atoms with Crippen LogP contribution in [0.1, 0.15) is 5.56 Å². The average Bonchev–Trinajstić information content (AvgIpc) is 2.18. The van der Waals surface area contributed by atoms with E-state index >= 15 is 0 Å². The van der Waals surface area contributed by atoms with Crippen LogP contribution in [0.5, 0.6) is 0 Å². The number of benzene rings is 1. The van der Waals surface area contributed by atoms with Crippen LogP contribution in [0.3, 0.4) is 0 Å². The third kappa shape index (κ3) is 4.91. The first-order valence-electron chi connectivity index (χ1n) is 4.92. The molecule has 0 aliphatic carbocycles. The highest BCUT2D eigenvalue weighted by Gasteiger charge is 2.14. The molecule has 3 N–H and O–H groups in total. The van der Waals surface area contributed by atoms with Gasteiger partial charge in [-0.15, -0.1) is 0 Å². The number of hydrogen-bond acceptors (Lipinski definition) is 4. The summed E-state index contributed by atoms with van der Waals surface area (Å²) in [5.41, 5.74) is 1.49. The maximum atomic E-state index is 10.5. The number of nitrogens with one attached hydrogen (secondary N) is 1. The Bertz CT molecular complexity index is 489. The maximum Gasteiger partial charge on any atom is 0.267 e. The van der Waals surface area contributed by atoms with Crippen LogP contribution in [-0.4, -0.2) is 36.5 Å². The van der Waals surface area contributed by atoms with E-state index in [9.17, 15) is 13.5 Å². The van der Waals surface area contributed by atoms with Crippen molar-refractivity contribution in [2.24, 2.45) is 0 Å². The molecule has 1 unspecified atom stereocenters. The molecule has 0 bridgehead atoms. The van der Waals surface area contributed by atoms with Gasteiger partial charge in [0.2, 0.25) is 0 Å². The fourth-order valence-electron chi connectivity index (χ4n) is 1.31. The highest BCUT2D eigenvalue weighted by molar-refractivity contribution is 7.85. The SMILES string of the molecule is Cc1cccc(NCC(O)CS(=O)(=O)O)c1Cl. The summed E-state index contributed by atoms with van der Waals surface area (Å²) >= 11 is 6.00. The first kappa shape index (κ1) is 14.2. The second-order valence-corrected chi connectivity index (χ2v) is 5.59. The lowest BCUT2D eigenvalue weighted by Gasteiger charge is -2.13. The summed E-state index contributed by atoms with van der Waals surface area (Å²) in [5.74, 6) is -0.705. The van der Waals surface area contributed by atoms with Crippen molar-refractivity contribution in [2.75, 3.05) is 17.6 Å². The van der Waals surface area contributed by atoms with Gasteiger partial charge in [-0.25, -0.2) is 0 Å². The fraction of sp³-hybridized carbons (Fsp3) is 0.400. The smallest absolute Gasteiger partial charge is 0.267 e. The molecular formula is C10H14ClNO4S. The zero-order valence-corrected chi connectivity index (χ0v) is 10.8. The molecule has 0 aliphatic heterocycles. The second-order valence-electron chi connectivity index (χ2n) is 3.72. The summed E-state index contributed by atoms with van der Waals surface area (Å²) < 4.78 is 29.6. The first-order chi connectivity index (χ1) is 7.79. The summed E-state index contributed by atoms with van der Waals surface area (Å²) in [7, 11) is -4.17. The highest BCUT2D eigenvalue weighted by atomic mass is 35.5. The van der Waals surface area contributed by atoms with Crippen molar-refractivity contribution in [1.82, 2.24) is 0 Å². The summed E-state index contributed by atoms with van der Waals surface area (Å²) in [4.78, 5) is 0. The summed E-state index contributed by atoms with van der Waals surface area (Å²) in [5, 5.41) is 12.7. The third-order valence-electron chi connectivity index (χ3n) is 2.12. The molecule has 1 aromatic carbocycles. The van der Waals surface area contributed by atoms with E-state index in [4.69, 9.17) is 16.2 Å². The molecule has 0 saturated carbocycles. The lowest BCUT2D eigenvalue weighted by Crippen LogP contribution is -2.27. The molecule has 1 aromatic rings. The quantitative estimate of drug-likeness (QED) is 0.708. The lowest BCUT2D eigenvalue weighted by molar-refractivity contribution is 0.208. The number of rotatable bonds is 5. The van der Waals surface area contributed by atoms with Crippen molar-refractivity contribution in [1.29, 1.82) is 0 Å². The van der Waals surface area contributed by atoms with E-state index in [1.807, 2.05) is 13.0 Å². The Kier molecular flexibility index (Phi) is 4.76. The molecule has 1 atom stereocenters. The van der Waals surface area contributed by atoms with Crippen molar-refractivity contribution < 1.29 is 18.1 Å². The van der Waals surface area contributed by atoms with Crippen molar-refractivity contribution >= 4 is 27.4 Å². The predicted octanol–water partition coefficient (Wildman–Crippen LogP) is 1.31. The van der Waals surface area contributed by atoms with Crippen LogP contribution in [0.15, 0.2) is 18.2 Å². The molecule has 0 aromatic heterocycles. The molecular weight excluding hydrogens is 266 g/mol. The lowest BCUT2D eigenvalue weighted by atomic mass is 10.2. The maximum absolute atomic E-state index is 10.5. The molecule has 96 valence electrons. The van der Waals surface area contributed by atoms with E-state index in [2.05, 4.69) is 5.32 Å². The normalized spacial score (nSPS) is 13.4. The number of hydrogen-bond donors (Lipinski definition) is 3. The zero-order chi connectivity index (χ0) is 13.1. The van der Waals surface area contributed by atoms with Crippen LogP contribution >= 0.6 is 11.6 Å². The van der Waals surface area contributed by atoms with E-state index in [1.54, 1.807) is 12.1 Å². The predicted molar refractivity (Wildman–Crippen MR) is 67.1 cm³/mol. The molecule has 0 heterocycles. The topological polar surface area (TPSA) is 86.6 Å². The van der Waals surface area contributed by atoms with Gasteiger partial charge in [-0.1, -0.05) is 23.7 Å². The van der Waals surface area contributed by atoms with Crippen LogP contribution in [0, 0.1) is 6.92 Å². The molecule has 17 heavy (non-hydrogen) atoms. The number of aliphatic hydroxyl groups excluding tert-OH is 1. The van der Waals surface area contributed by atoms with Gasteiger partial charge in [-0.05, 0) is 18.6 Å². The minimum Gasteiger partial charge on any atom is -0.390 e. The van der Waals surface area contributed by atoms with Gasteiger partial charge in [0.1, 0.15) is 5.75 Å². The van der Waals surface area contributed by atoms with Gasteiger partial charge in [-0.3, -0.25) is 4.55 Å². The number of halogens is 1. The molecule has 0 aliphatic rings. The molecule has 0 saturated heterocycles. The Morgan fingerprint density at radius 1 is 1.47 bits per heavy atom. The van der Waals surface area contributed by atoms with Gasteiger partial charge in [0.25, 0.3) is 10.1 Å². The monoisotopic (exact) mass is 279 g/mol. The molecule has 0 radical (unpaired) electrons. The van der Waals surface area contributed by atoms with Crippen LogP contribution < -0.4 is 5.32 Å². The Hall–Kier alpha value is -0.820. The van der Waals surface area contributed by atoms with Crippen molar-refractivity contribution in [3.05, 3.63) is 28.8 Å².